The van der Waals surface area contributed by atoms with Gasteiger partial charge in [0.2, 0.25) is 0 Å². The van der Waals surface area contributed by atoms with Crippen molar-refractivity contribution in [3.8, 4) is 0 Å². The maximum Gasteiger partial charge on any atom is 0.0842 e. The summed E-state index contributed by atoms with van der Waals surface area (Å²) >= 11 is 0. The van der Waals surface area contributed by atoms with Crippen LogP contribution < -0.4 is 0 Å². The van der Waals surface area contributed by atoms with Gasteiger partial charge in [-0.1, -0.05) is 17.7 Å². The minimum atomic E-state index is -0.623. The molecule has 0 saturated heterocycles. The molecule has 2 atom stereocenters. The van der Waals surface area contributed by atoms with Gasteiger partial charge in [-0.05, 0) is 56.2 Å². The summed E-state index contributed by atoms with van der Waals surface area (Å²) < 4.78 is 0. The van der Waals surface area contributed by atoms with Crippen LogP contribution >= 0.6 is 0 Å². The van der Waals surface area contributed by atoms with Crippen LogP contribution in [0, 0.1) is 26.7 Å². The van der Waals surface area contributed by atoms with Gasteiger partial charge in [0.15, 0.2) is 0 Å². The van der Waals surface area contributed by atoms with Crippen LogP contribution in [0.5, 0.6) is 0 Å². The summed E-state index contributed by atoms with van der Waals surface area (Å²) in [6, 6.07) is 4.27. The zero-order chi connectivity index (χ0) is 12.6. The molecule has 17 heavy (non-hydrogen) atoms. The first-order valence-corrected chi connectivity index (χ1v) is 6.42. The van der Waals surface area contributed by atoms with Crippen LogP contribution in [0.15, 0.2) is 12.1 Å². The van der Waals surface area contributed by atoms with Crippen molar-refractivity contribution in [3.63, 3.8) is 0 Å². The van der Waals surface area contributed by atoms with E-state index in [1.807, 2.05) is 0 Å². The number of benzene rings is 1. The molecule has 0 heterocycles. The number of hydrogen-bond acceptors (Lipinski definition) is 2. The summed E-state index contributed by atoms with van der Waals surface area (Å²) in [4.78, 5) is 0. The molecule has 0 aromatic heterocycles. The van der Waals surface area contributed by atoms with Crippen LogP contribution in [0.25, 0.3) is 0 Å². The number of aliphatic hydroxyl groups is 2. The van der Waals surface area contributed by atoms with Gasteiger partial charge in [-0.3, -0.25) is 0 Å². The van der Waals surface area contributed by atoms with Crippen LogP contribution in [0.4, 0.5) is 0 Å². The van der Waals surface area contributed by atoms with Crippen molar-refractivity contribution < 1.29 is 10.2 Å². The van der Waals surface area contributed by atoms with E-state index >= 15 is 0 Å². The van der Waals surface area contributed by atoms with Crippen molar-refractivity contribution in [2.24, 2.45) is 5.92 Å². The summed E-state index contributed by atoms with van der Waals surface area (Å²) in [7, 11) is 0. The topological polar surface area (TPSA) is 40.5 Å². The Morgan fingerprint density at radius 2 is 1.65 bits per heavy atom. The molecule has 0 spiro atoms. The van der Waals surface area contributed by atoms with Crippen molar-refractivity contribution >= 4 is 0 Å². The molecule has 0 aliphatic heterocycles. The molecule has 0 amide bonds. The first kappa shape index (κ1) is 12.6. The molecule has 1 saturated carbocycles. The molecule has 2 N–H and O–H groups in total. The molecular formula is C15H22O2. The minimum Gasteiger partial charge on any atom is -0.390 e. The molecule has 1 aliphatic rings. The lowest BCUT2D eigenvalue weighted by atomic mass is 9.93. The van der Waals surface area contributed by atoms with Gasteiger partial charge in [-0.15, -0.1) is 0 Å². The number of aliphatic hydroxyl groups excluding tert-OH is 2. The molecule has 1 aromatic carbocycles. The molecule has 1 aromatic rings. The summed E-state index contributed by atoms with van der Waals surface area (Å²) in [6.07, 6.45) is 1.52. The van der Waals surface area contributed by atoms with E-state index in [2.05, 4.69) is 32.9 Å². The Labute approximate surface area is 103 Å². The SMILES string of the molecule is Cc1cc(C)c(CC(O)C(O)C2CC2)c(C)c1. The number of hydrogen-bond donors (Lipinski definition) is 2. The fraction of sp³-hybridized carbons (Fsp3) is 0.600. The maximum absolute atomic E-state index is 10.0. The Morgan fingerprint density at radius 3 is 2.12 bits per heavy atom. The first-order chi connectivity index (χ1) is 7.99. The molecule has 1 fully saturated rings. The molecule has 2 rings (SSSR count). The lowest BCUT2D eigenvalue weighted by Gasteiger charge is -2.20. The van der Waals surface area contributed by atoms with E-state index in [0.717, 1.165) is 12.8 Å². The molecular weight excluding hydrogens is 212 g/mol. The molecule has 0 radical (unpaired) electrons. The highest BCUT2D eigenvalue weighted by Gasteiger charge is 2.34. The molecule has 94 valence electrons. The summed E-state index contributed by atoms with van der Waals surface area (Å²) in [6.45, 7) is 6.23. The second-order valence-electron chi connectivity index (χ2n) is 5.48. The molecule has 2 nitrogen and oxygen atoms in total. The third-order valence-electron chi connectivity index (χ3n) is 3.75. The normalized spacial score (nSPS) is 19.1. The van der Waals surface area contributed by atoms with Gasteiger partial charge >= 0.3 is 0 Å². The second-order valence-corrected chi connectivity index (χ2v) is 5.48. The largest absolute Gasteiger partial charge is 0.390 e. The van der Waals surface area contributed by atoms with Gasteiger partial charge in [-0.25, -0.2) is 0 Å². The second kappa shape index (κ2) is 4.79. The molecule has 1 aliphatic carbocycles. The Morgan fingerprint density at radius 1 is 1.12 bits per heavy atom. The van der Waals surface area contributed by atoms with Crippen molar-refractivity contribution in [2.45, 2.75) is 52.2 Å². The van der Waals surface area contributed by atoms with E-state index in [1.165, 1.54) is 22.3 Å². The van der Waals surface area contributed by atoms with E-state index in [0.29, 0.717) is 12.3 Å². The lowest BCUT2D eigenvalue weighted by Crippen LogP contribution is -2.30. The van der Waals surface area contributed by atoms with Gasteiger partial charge in [0, 0.05) is 6.42 Å². The van der Waals surface area contributed by atoms with Crippen molar-refractivity contribution in [2.75, 3.05) is 0 Å². The fourth-order valence-electron chi connectivity index (χ4n) is 2.61. The lowest BCUT2D eigenvalue weighted by molar-refractivity contribution is 0.00658. The third kappa shape index (κ3) is 2.88. The van der Waals surface area contributed by atoms with Crippen LogP contribution in [-0.2, 0) is 6.42 Å². The Hall–Kier alpha value is -0.860. The minimum absolute atomic E-state index is 0.330. The molecule has 2 unspecified atom stereocenters. The average Bonchev–Trinajstić information content (AvgIpc) is 3.05. The quantitative estimate of drug-likeness (QED) is 0.839. The first-order valence-electron chi connectivity index (χ1n) is 6.42. The van der Waals surface area contributed by atoms with Gasteiger partial charge < -0.3 is 10.2 Å². The monoisotopic (exact) mass is 234 g/mol. The summed E-state index contributed by atoms with van der Waals surface area (Å²) in [5.41, 5.74) is 4.86. The Kier molecular flexibility index (Phi) is 3.55. The smallest absolute Gasteiger partial charge is 0.0842 e. The predicted molar refractivity (Wildman–Crippen MR) is 69.1 cm³/mol. The highest BCUT2D eigenvalue weighted by Crippen LogP contribution is 2.34. The standard InChI is InChI=1S/C15H22O2/c1-9-6-10(2)13(11(3)7-9)8-14(16)15(17)12-4-5-12/h6-7,12,14-17H,4-5,8H2,1-3H3. The van der Waals surface area contributed by atoms with Crippen LogP contribution in [0.1, 0.15) is 35.1 Å². The van der Waals surface area contributed by atoms with E-state index in [4.69, 9.17) is 0 Å². The average molecular weight is 234 g/mol. The van der Waals surface area contributed by atoms with Crippen molar-refractivity contribution in [1.82, 2.24) is 0 Å². The summed E-state index contributed by atoms with van der Waals surface area (Å²) in [5.74, 6) is 0.330. The molecule has 2 heteroatoms. The zero-order valence-electron chi connectivity index (χ0n) is 10.9. The zero-order valence-corrected chi connectivity index (χ0v) is 10.9. The van der Waals surface area contributed by atoms with Crippen LogP contribution in [0.2, 0.25) is 0 Å². The van der Waals surface area contributed by atoms with Crippen LogP contribution in [0.3, 0.4) is 0 Å². The van der Waals surface area contributed by atoms with Gasteiger partial charge in [0.25, 0.3) is 0 Å². The van der Waals surface area contributed by atoms with Crippen LogP contribution in [-0.4, -0.2) is 22.4 Å². The van der Waals surface area contributed by atoms with Crippen molar-refractivity contribution in [3.05, 3.63) is 34.4 Å². The van der Waals surface area contributed by atoms with E-state index in [1.54, 1.807) is 0 Å². The maximum atomic E-state index is 10.0. The highest BCUT2D eigenvalue weighted by molar-refractivity contribution is 5.38. The number of rotatable bonds is 4. The summed E-state index contributed by atoms with van der Waals surface area (Å²) in [5, 5.41) is 20.0. The highest BCUT2D eigenvalue weighted by atomic mass is 16.3. The van der Waals surface area contributed by atoms with Gasteiger partial charge in [0.1, 0.15) is 0 Å². The predicted octanol–water partition coefficient (Wildman–Crippen LogP) is 2.29. The van der Waals surface area contributed by atoms with E-state index in [9.17, 15) is 10.2 Å². The van der Waals surface area contributed by atoms with E-state index in [-0.39, 0.29) is 0 Å². The Balaban J connectivity index is 2.12. The number of aryl methyl sites for hydroxylation is 3. The third-order valence-corrected chi connectivity index (χ3v) is 3.75. The Bertz CT molecular complexity index is 384. The fourth-order valence-corrected chi connectivity index (χ4v) is 2.61. The van der Waals surface area contributed by atoms with Gasteiger partial charge in [0.05, 0.1) is 12.2 Å². The molecule has 0 bridgehead atoms. The van der Waals surface area contributed by atoms with Crippen molar-refractivity contribution in [1.29, 1.82) is 0 Å². The van der Waals surface area contributed by atoms with E-state index < -0.39 is 12.2 Å². The van der Waals surface area contributed by atoms with Gasteiger partial charge in [-0.2, -0.15) is 0 Å².